The van der Waals surface area contributed by atoms with Crippen LogP contribution in [-0.2, 0) is 27.1 Å². The molecule has 0 fully saturated rings. The van der Waals surface area contributed by atoms with Gasteiger partial charge >= 0.3 is 5.97 Å². The average Bonchev–Trinajstić information content (AvgIpc) is 2.91. The van der Waals surface area contributed by atoms with Gasteiger partial charge in [0.1, 0.15) is 16.7 Å². The van der Waals surface area contributed by atoms with Gasteiger partial charge in [-0.1, -0.05) is 43.3 Å². The average molecular weight is 536 g/mol. The van der Waals surface area contributed by atoms with Gasteiger partial charge in [-0.25, -0.2) is 8.51 Å². The van der Waals surface area contributed by atoms with E-state index in [2.05, 4.69) is 37.4 Å². The maximum Gasteiger partial charge on any atom is 0.306 e. The molecule has 3 atom stereocenters. The van der Waals surface area contributed by atoms with Gasteiger partial charge in [0.05, 0.1) is 36.4 Å². The molecule has 3 aromatic rings. The van der Waals surface area contributed by atoms with Gasteiger partial charge in [-0.3, -0.25) is 4.79 Å². The van der Waals surface area contributed by atoms with E-state index in [0.29, 0.717) is 36.8 Å². The van der Waals surface area contributed by atoms with Crippen molar-refractivity contribution in [2.45, 2.75) is 50.5 Å². The Bertz CT molecular complexity index is 1340. The number of nitrogen functional groups attached to an aromatic ring is 1. The summed E-state index contributed by atoms with van der Waals surface area (Å²) in [5, 5.41) is 3.08. The van der Waals surface area contributed by atoms with Gasteiger partial charge in [-0.2, -0.15) is 0 Å². The molecule has 3 unspecified atom stereocenters. The van der Waals surface area contributed by atoms with Gasteiger partial charge in [0.25, 0.3) is 0 Å². The lowest BCUT2D eigenvalue weighted by molar-refractivity contribution is -0.143. The number of rotatable bonds is 9. The maximum absolute atomic E-state index is 13.4. The molecule has 1 aliphatic rings. The monoisotopic (exact) mass is 535 g/mol. The van der Waals surface area contributed by atoms with Gasteiger partial charge in [0, 0.05) is 26.1 Å². The molecule has 1 aliphatic heterocycles. The molecule has 0 amide bonds. The predicted octanol–water partition coefficient (Wildman–Crippen LogP) is 5.35. The Morgan fingerprint density at radius 2 is 1.95 bits per heavy atom. The van der Waals surface area contributed by atoms with E-state index in [9.17, 15) is 9.00 Å². The van der Waals surface area contributed by atoms with E-state index < -0.39 is 11.0 Å². The number of ether oxygens (including phenoxy) is 2. The molecule has 7 nitrogen and oxygen atoms in total. The van der Waals surface area contributed by atoms with Gasteiger partial charge in [-0.15, -0.1) is 0 Å². The van der Waals surface area contributed by atoms with Crippen molar-refractivity contribution in [2.75, 3.05) is 38.4 Å². The zero-order valence-electron chi connectivity index (χ0n) is 22.7. The van der Waals surface area contributed by atoms with E-state index in [1.54, 1.807) is 21.1 Å². The summed E-state index contributed by atoms with van der Waals surface area (Å²) < 4.78 is 26.4. The molecule has 38 heavy (non-hydrogen) atoms. The van der Waals surface area contributed by atoms with Crippen LogP contribution in [0.1, 0.15) is 59.9 Å². The van der Waals surface area contributed by atoms with E-state index in [0.717, 1.165) is 32.7 Å². The first kappa shape index (κ1) is 27.7. The highest BCUT2D eigenvalue weighted by Crippen LogP contribution is 2.39. The van der Waals surface area contributed by atoms with Gasteiger partial charge in [-0.05, 0) is 65.8 Å². The number of carbonyl (C=O) groups is 1. The molecule has 202 valence electrons. The van der Waals surface area contributed by atoms with Gasteiger partial charge in [0.15, 0.2) is 0 Å². The second-order valence-corrected chi connectivity index (χ2v) is 11.2. The number of hydrogen-bond acceptors (Lipinski definition) is 6. The van der Waals surface area contributed by atoms with Crippen molar-refractivity contribution in [2.24, 2.45) is 0 Å². The van der Waals surface area contributed by atoms with Gasteiger partial charge in [0.2, 0.25) is 0 Å². The molecule has 0 bridgehead atoms. The van der Waals surface area contributed by atoms with Crippen molar-refractivity contribution in [3.05, 3.63) is 82.4 Å². The van der Waals surface area contributed by atoms with Crippen molar-refractivity contribution in [1.82, 2.24) is 4.31 Å². The third-order valence-corrected chi connectivity index (χ3v) is 8.67. The molecule has 1 heterocycles. The van der Waals surface area contributed by atoms with E-state index >= 15 is 0 Å². The number of nitrogens with one attached hydrogen (secondary N) is 1. The smallest absolute Gasteiger partial charge is 0.306 e. The largest absolute Gasteiger partial charge is 0.494 e. The van der Waals surface area contributed by atoms with E-state index in [4.69, 9.17) is 15.2 Å². The number of nitrogens with zero attached hydrogens (tertiary/aromatic N) is 1. The van der Waals surface area contributed by atoms with Crippen LogP contribution < -0.4 is 15.8 Å². The van der Waals surface area contributed by atoms with Crippen LogP contribution in [0.3, 0.4) is 0 Å². The van der Waals surface area contributed by atoms with Gasteiger partial charge < -0.3 is 20.5 Å². The molecule has 3 N–H and O–H groups in total. The Morgan fingerprint density at radius 3 is 2.66 bits per heavy atom. The topological polar surface area (TPSA) is 93.9 Å². The Kier molecular flexibility index (Phi) is 8.74. The van der Waals surface area contributed by atoms with Crippen LogP contribution in [0.4, 0.5) is 11.4 Å². The Balaban J connectivity index is 1.71. The number of aryl methyl sites for hydroxylation is 1. The summed E-state index contributed by atoms with van der Waals surface area (Å²) in [5.74, 6) is 0.324. The lowest BCUT2D eigenvalue weighted by Gasteiger charge is -2.32. The van der Waals surface area contributed by atoms with Crippen molar-refractivity contribution < 1.29 is 18.5 Å². The summed E-state index contributed by atoms with van der Waals surface area (Å²) in [6.45, 7) is 7.60. The van der Waals surface area contributed by atoms with Crippen LogP contribution >= 0.6 is 0 Å². The minimum atomic E-state index is -1.24. The highest BCUT2D eigenvalue weighted by molar-refractivity contribution is 7.82. The van der Waals surface area contributed by atoms with Crippen LogP contribution in [0.15, 0.2) is 59.5 Å². The maximum atomic E-state index is 13.4. The fraction of sp³-hybridized carbons (Fsp3) is 0.367. The molecule has 8 heteroatoms. The van der Waals surface area contributed by atoms with Crippen LogP contribution in [0.5, 0.6) is 5.75 Å². The van der Waals surface area contributed by atoms with Crippen molar-refractivity contribution in [3.63, 3.8) is 0 Å². The fourth-order valence-corrected chi connectivity index (χ4v) is 6.71. The second kappa shape index (κ2) is 12.0. The Hall–Kier alpha value is -3.36. The standard InChI is InChI=1S/C30H37N3O4S/c1-6-37-29(34)16-25(22-14-26(31)30(32-4)27(15-22)36-5)21-12-11-19(2)23(13-21)18-33-17-20(3)24-9-7-8-10-28(24)38(33)35/h7-15,20,25,32H,6,16-18,31H2,1-5H3. The molecule has 4 rings (SSSR count). The molecule has 3 aromatic carbocycles. The third kappa shape index (κ3) is 5.71. The zero-order chi connectivity index (χ0) is 27.4. The van der Waals surface area contributed by atoms with Crippen molar-refractivity contribution in [1.29, 1.82) is 0 Å². The summed E-state index contributed by atoms with van der Waals surface area (Å²) in [6, 6.07) is 18.0. The molecule has 0 aliphatic carbocycles. The molecule has 0 saturated heterocycles. The quantitative estimate of drug-likeness (QED) is 0.283. The molecule has 0 radical (unpaired) electrons. The summed E-state index contributed by atoms with van der Waals surface area (Å²) >= 11 is 0. The number of benzene rings is 3. The first-order valence-corrected chi connectivity index (χ1v) is 14.0. The van der Waals surface area contributed by atoms with Crippen LogP contribution in [0.2, 0.25) is 0 Å². The zero-order valence-corrected chi connectivity index (χ0v) is 23.6. The fourth-order valence-electron chi connectivity index (χ4n) is 5.15. The SMILES string of the molecule is CCOC(=O)CC(c1ccc(C)c(CN2CC(C)c3ccccc3S2=O)c1)c1cc(N)c(NC)c(OC)c1. The number of carbonyl (C=O) groups excluding carboxylic acids is 1. The van der Waals surface area contributed by atoms with E-state index in [1.165, 1.54) is 0 Å². The van der Waals surface area contributed by atoms with Crippen LogP contribution in [-0.4, -0.2) is 41.8 Å². The summed E-state index contributed by atoms with van der Waals surface area (Å²) in [7, 11) is 2.15. The molecule has 0 aromatic heterocycles. The number of methoxy groups -OCH3 is 1. The number of esters is 1. The minimum Gasteiger partial charge on any atom is -0.494 e. The third-order valence-electron chi connectivity index (χ3n) is 7.18. The Labute approximate surface area is 227 Å². The van der Waals surface area contributed by atoms with Crippen LogP contribution in [0, 0.1) is 6.92 Å². The molecular formula is C30H37N3O4S. The first-order valence-electron chi connectivity index (χ1n) is 12.9. The minimum absolute atomic E-state index is 0.165. The van der Waals surface area contributed by atoms with Crippen molar-refractivity contribution in [3.8, 4) is 5.75 Å². The number of fused-ring (bicyclic) bond motifs is 1. The Morgan fingerprint density at radius 1 is 1.18 bits per heavy atom. The highest BCUT2D eigenvalue weighted by atomic mass is 32.2. The molecule has 0 spiro atoms. The predicted molar refractivity (Wildman–Crippen MR) is 153 cm³/mol. The number of anilines is 2. The number of nitrogens with two attached hydrogens (primary N) is 1. The van der Waals surface area contributed by atoms with E-state index in [1.807, 2.05) is 40.7 Å². The first-order chi connectivity index (χ1) is 18.3. The second-order valence-electron chi connectivity index (χ2n) is 9.70. The lowest BCUT2D eigenvalue weighted by Crippen LogP contribution is -2.34. The highest BCUT2D eigenvalue weighted by Gasteiger charge is 2.29. The van der Waals surface area contributed by atoms with E-state index in [-0.39, 0.29) is 24.2 Å². The summed E-state index contributed by atoms with van der Waals surface area (Å²) in [5.41, 5.74) is 12.8. The normalized spacial score (nSPS) is 17.9. The van der Waals surface area contributed by atoms with Crippen LogP contribution in [0.25, 0.3) is 0 Å². The number of hydrogen-bond donors (Lipinski definition) is 2. The van der Waals surface area contributed by atoms with Crippen molar-refractivity contribution >= 4 is 28.3 Å². The summed E-state index contributed by atoms with van der Waals surface area (Å²) in [6.07, 6.45) is 0.165. The molecular weight excluding hydrogens is 498 g/mol. The lowest BCUT2D eigenvalue weighted by atomic mass is 9.86. The summed E-state index contributed by atoms with van der Waals surface area (Å²) in [4.78, 5) is 13.6. The molecule has 0 saturated carbocycles.